The summed E-state index contributed by atoms with van der Waals surface area (Å²) in [5, 5.41) is 9.23. The van der Waals surface area contributed by atoms with Crippen LogP contribution >= 0.6 is 0 Å². The van der Waals surface area contributed by atoms with Crippen molar-refractivity contribution < 1.29 is 19.0 Å². The standard InChI is InChI=1S/C15H14FNO3/c1-20-13-5-4-9(6-11(13)16)12-7-10(15(18)19)14(17-12)8-2-3-8/h4-8,17H,2-3H2,1H3,(H,18,19). The van der Waals surface area contributed by atoms with Crippen LogP contribution in [-0.2, 0) is 0 Å². The molecule has 0 spiro atoms. The van der Waals surface area contributed by atoms with Crippen molar-refractivity contribution in [1.29, 1.82) is 0 Å². The second-order valence-electron chi connectivity index (χ2n) is 4.94. The summed E-state index contributed by atoms with van der Waals surface area (Å²) in [5.74, 6) is -0.966. The second kappa shape index (κ2) is 4.67. The van der Waals surface area contributed by atoms with Gasteiger partial charge in [-0.15, -0.1) is 0 Å². The number of ether oxygens (including phenoxy) is 1. The maximum Gasteiger partial charge on any atom is 0.337 e. The van der Waals surface area contributed by atoms with Gasteiger partial charge in [-0.25, -0.2) is 9.18 Å². The molecule has 1 fully saturated rings. The van der Waals surface area contributed by atoms with Crippen LogP contribution in [0.25, 0.3) is 11.3 Å². The van der Waals surface area contributed by atoms with Crippen molar-refractivity contribution in [2.45, 2.75) is 18.8 Å². The highest BCUT2D eigenvalue weighted by Gasteiger charge is 2.30. The Balaban J connectivity index is 2.03. The third kappa shape index (κ3) is 2.15. The Morgan fingerprint density at radius 2 is 2.15 bits per heavy atom. The van der Waals surface area contributed by atoms with E-state index in [0.717, 1.165) is 18.5 Å². The second-order valence-corrected chi connectivity index (χ2v) is 4.94. The molecule has 2 aromatic rings. The molecule has 1 aliphatic carbocycles. The summed E-state index contributed by atoms with van der Waals surface area (Å²) in [6, 6.07) is 6.14. The third-order valence-corrected chi connectivity index (χ3v) is 3.53. The fourth-order valence-electron chi connectivity index (χ4n) is 2.33. The lowest BCUT2D eigenvalue weighted by molar-refractivity contribution is 0.0696. The van der Waals surface area contributed by atoms with Gasteiger partial charge in [0.1, 0.15) is 0 Å². The fraction of sp³-hybridized carbons (Fsp3) is 0.267. The highest BCUT2D eigenvalue weighted by Crippen LogP contribution is 2.42. The number of hydrogen-bond donors (Lipinski definition) is 2. The van der Waals surface area contributed by atoms with Crippen LogP contribution in [0.1, 0.15) is 34.8 Å². The molecule has 5 heteroatoms. The van der Waals surface area contributed by atoms with Crippen LogP contribution in [0, 0.1) is 5.82 Å². The summed E-state index contributed by atoms with van der Waals surface area (Å²) in [6.45, 7) is 0. The van der Waals surface area contributed by atoms with Gasteiger partial charge in [0.15, 0.2) is 11.6 Å². The number of aromatic amines is 1. The average Bonchev–Trinajstić information content (AvgIpc) is 3.17. The summed E-state index contributed by atoms with van der Waals surface area (Å²) in [5.41, 5.74) is 2.24. The van der Waals surface area contributed by atoms with Crippen LogP contribution in [0.2, 0.25) is 0 Å². The van der Waals surface area contributed by atoms with E-state index in [2.05, 4.69) is 4.98 Å². The number of carbonyl (C=O) groups is 1. The summed E-state index contributed by atoms with van der Waals surface area (Å²) in [7, 11) is 1.40. The predicted molar refractivity (Wildman–Crippen MR) is 71.7 cm³/mol. The minimum absolute atomic E-state index is 0.168. The zero-order chi connectivity index (χ0) is 14.3. The maximum absolute atomic E-state index is 13.7. The van der Waals surface area contributed by atoms with Crippen molar-refractivity contribution >= 4 is 5.97 Å². The van der Waals surface area contributed by atoms with E-state index in [1.807, 2.05) is 0 Å². The van der Waals surface area contributed by atoms with Gasteiger partial charge in [-0.1, -0.05) is 0 Å². The third-order valence-electron chi connectivity index (χ3n) is 3.53. The van der Waals surface area contributed by atoms with E-state index >= 15 is 0 Å². The topological polar surface area (TPSA) is 62.3 Å². The van der Waals surface area contributed by atoms with Crippen LogP contribution in [0.4, 0.5) is 4.39 Å². The molecule has 0 radical (unpaired) electrons. The molecule has 104 valence electrons. The highest BCUT2D eigenvalue weighted by molar-refractivity contribution is 5.91. The van der Waals surface area contributed by atoms with E-state index in [1.165, 1.54) is 19.2 Å². The van der Waals surface area contributed by atoms with E-state index in [4.69, 9.17) is 4.74 Å². The summed E-state index contributed by atoms with van der Waals surface area (Å²) in [4.78, 5) is 14.4. The van der Waals surface area contributed by atoms with Gasteiger partial charge in [0.25, 0.3) is 0 Å². The molecule has 2 N–H and O–H groups in total. The quantitative estimate of drug-likeness (QED) is 0.898. The number of methoxy groups -OCH3 is 1. The number of carboxylic acid groups (broad SMARTS) is 1. The number of aromatic carboxylic acids is 1. The molecule has 0 bridgehead atoms. The van der Waals surface area contributed by atoms with Gasteiger partial charge >= 0.3 is 5.97 Å². The van der Waals surface area contributed by atoms with Crippen LogP contribution in [0.15, 0.2) is 24.3 Å². The van der Waals surface area contributed by atoms with Gasteiger partial charge in [0.2, 0.25) is 0 Å². The van der Waals surface area contributed by atoms with Crippen LogP contribution in [0.3, 0.4) is 0 Å². The molecule has 0 amide bonds. The molecule has 0 aliphatic heterocycles. The number of H-pyrrole nitrogens is 1. The number of aromatic nitrogens is 1. The number of benzene rings is 1. The van der Waals surface area contributed by atoms with E-state index < -0.39 is 11.8 Å². The Morgan fingerprint density at radius 3 is 2.70 bits per heavy atom. The largest absolute Gasteiger partial charge is 0.494 e. The molecule has 1 aromatic heterocycles. The average molecular weight is 275 g/mol. The normalized spacial score (nSPS) is 14.3. The molecule has 0 unspecified atom stereocenters. The molecular weight excluding hydrogens is 261 g/mol. The van der Waals surface area contributed by atoms with Gasteiger partial charge in [-0.3, -0.25) is 0 Å². The first-order chi connectivity index (χ1) is 9.60. The van der Waals surface area contributed by atoms with Gasteiger partial charge in [-0.05, 0) is 43.0 Å². The number of halogens is 1. The molecule has 1 heterocycles. The lowest BCUT2D eigenvalue weighted by atomic mass is 10.1. The molecule has 1 aromatic carbocycles. The van der Waals surface area contributed by atoms with Gasteiger partial charge in [-0.2, -0.15) is 0 Å². The zero-order valence-electron chi connectivity index (χ0n) is 10.9. The highest BCUT2D eigenvalue weighted by atomic mass is 19.1. The summed E-state index contributed by atoms with van der Waals surface area (Å²) >= 11 is 0. The van der Waals surface area contributed by atoms with Crippen molar-refractivity contribution in [3.8, 4) is 17.0 Å². The molecule has 4 nitrogen and oxygen atoms in total. The van der Waals surface area contributed by atoms with Crippen LogP contribution in [0.5, 0.6) is 5.75 Å². The Bertz CT molecular complexity index is 674. The smallest absolute Gasteiger partial charge is 0.337 e. The fourth-order valence-corrected chi connectivity index (χ4v) is 2.33. The molecule has 0 atom stereocenters. The molecule has 20 heavy (non-hydrogen) atoms. The zero-order valence-corrected chi connectivity index (χ0v) is 10.9. The van der Waals surface area contributed by atoms with Crippen LogP contribution in [-0.4, -0.2) is 23.2 Å². The number of rotatable bonds is 4. The summed E-state index contributed by atoms with van der Waals surface area (Å²) < 4.78 is 18.6. The Kier molecular flexibility index (Phi) is 2.97. The first kappa shape index (κ1) is 12.7. The molecule has 3 rings (SSSR count). The number of carboxylic acids is 1. The number of hydrogen-bond acceptors (Lipinski definition) is 2. The first-order valence-electron chi connectivity index (χ1n) is 6.40. The lowest BCUT2D eigenvalue weighted by Gasteiger charge is -2.03. The van der Waals surface area contributed by atoms with Crippen molar-refractivity contribution in [3.63, 3.8) is 0 Å². The predicted octanol–water partition coefficient (Wildman–Crippen LogP) is 3.41. The Labute approximate surface area is 115 Å². The van der Waals surface area contributed by atoms with E-state index in [-0.39, 0.29) is 17.2 Å². The minimum atomic E-state index is -0.955. The van der Waals surface area contributed by atoms with Crippen molar-refractivity contribution in [3.05, 3.63) is 41.3 Å². The molecule has 0 saturated heterocycles. The molecule has 1 aliphatic rings. The minimum Gasteiger partial charge on any atom is -0.494 e. The Hall–Kier alpha value is -2.30. The van der Waals surface area contributed by atoms with Crippen molar-refractivity contribution in [1.82, 2.24) is 4.98 Å². The van der Waals surface area contributed by atoms with Crippen molar-refractivity contribution in [2.75, 3.05) is 7.11 Å². The van der Waals surface area contributed by atoms with E-state index in [9.17, 15) is 14.3 Å². The van der Waals surface area contributed by atoms with Crippen molar-refractivity contribution in [2.24, 2.45) is 0 Å². The lowest BCUT2D eigenvalue weighted by Crippen LogP contribution is -1.98. The first-order valence-corrected chi connectivity index (χ1v) is 6.40. The SMILES string of the molecule is COc1ccc(-c2cc(C(=O)O)c(C3CC3)[nH]2)cc1F. The van der Waals surface area contributed by atoms with Gasteiger partial charge in [0.05, 0.1) is 12.7 Å². The molecular formula is C15H14FNO3. The molecule has 1 saturated carbocycles. The monoisotopic (exact) mass is 275 g/mol. The number of nitrogens with one attached hydrogen (secondary N) is 1. The summed E-state index contributed by atoms with van der Waals surface area (Å²) in [6.07, 6.45) is 1.99. The van der Waals surface area contributed by atoms with E-state index in [0.29, 0.717) is 11.3 Å². The van der Waals surface area contributed by atoms with E-state index in [1.54, 1.807) is 12.1 Å². The van der Waals surface area contributed by atoms with Crippen LogP contribution < -0.4 is 4.74 Å². The van der Waals surface area contributed by atoms with Gasteiger partial charge < -0.3 is 14.8 Å². The maximum atomic E-state index is 13.7. The van der Waals surface area contributed by atoms with Gasteiger partial charge in [0, 0.05) is 17.0 Å². The Morgan fingerprint density at radius 1 is 1.40 bits per heavy atom.